The molecule has 1 rings (SSSR count). The first-order valence-electron chi connectivity index (χ1n) is 3.99. The molecule has 0 radical (unpaired) electrons. The van der Waals surface area contributed by atoms with Gasteiger partial charge in [-0.1, -0.05) is 0 Å². The van der Waals surface area contributed by atoms with Crippen molar-refractivity contribution in [3.63, 3.8) is 0 Å². The number of halogens is 3. The summed E-state index contributed by atoms with van der Waals surface area (Å²) in [5.74, 6) is 0.645. The van der Waals surface area contributed by atoms with Gasteiger partial charge in [0.25, 0.3) is 0 Å². The Morgan fingerprint density at radius 2 is 1.79 bits per heavy atom. The van der Waals surface area contributed by atoms with Crippen LogP contribution in [0.5, 0.6) is 5.75 Å². The zero-order valence-corrected chi connectivity index (χ0v) is 8.36. The Morgan fingerprint density at radius 1 is 1.21 bits per heavy atom. The van der Waals surface area contributed by atoms with Gasteiger partial charge in [-0.2, -0.15) is 11.8 Å². The van der Waals surface area contributed by atoms with Gasteiger partial charge in [0, 0.05) is 4.90 Å². The van der Waals surface area contributed by atoms with Gasteiger partial charge < -0.3 is 17.7 Å². The van der Waals surface area contributed by atoms with Crippen LogP contribution >= 0.6 is 11.8 Å². The summed E-state index contributed by atoms with van der Waals surface area (Å²) >= 11 is 0.794. The first-order chi connectivity index (χ1) is 6.51. The zero-order valence-electron chi connectivity index (χ0n) is 7.54. The van der Waals surface area contributed by atoms with Gasteiger partial charge in [0.15, 0.2) is 0 Å². The van der Waals surface area contributed by atoms with E-state index in [9.17, 15) is 12.9 Å². The summed E-state index contributed by atoms with van der Waals surface area (Å²) in [7, 11) is 1.51. The van der Waals surface area contributed by atoms with Gasteiger partial charge in [-0.05, 0) is 29.9 Å². The van der Waals surface area contributed by atoms with Gasteiger partial charge in [0.2, 0.25) is 0 Å². The van der Waals surface area contributed by atoms with Crippen molar-refractivity contribution < 1.29 is 17.7 Å². The van der Waals surface area contributed by atoms with Gasteiger partial charge in [-0.25, -0.2) is 0 Å². The number of benzene rings is 1. The molecular weight excluding hydrogens is 212 g/mol. The predicted molar refractivity (Wildman–Crippen MR) is 52.8 cm³/mol. The second-order valence-corrected chi connectivity index (χ2v) is 3.79. The summed E-state index contributed by atoms with van der Waals surface area (Å²) in [5.41, 5.74) is -0.799. The van der Waals surface area contributed by atoms with Crippen molar-refractivity contribution in [1.82, 2.24) is 0 Å². The molecule has 0 fully saturated rings. The average Bonchev–Trinajstić information content (AvgIpc) is 2.14. The fourth-order valence-electron chi connectivity index (χ4n) is 0.863. The highest BCUT2D eigenvalue weighted by Gasteiger charge is 2.22. The van der Waals surface area contributed by atoms with Gasteiger partial charge in [-0.3, -0.25) is 0 Å². The van der Waals surface area contributed by atoms with Crippen LogP contribution in [0.1, 0.15) is 0 Å². The molecule has 0 aliphatic carbocycles. The van der Waals surface area contributed by atoms with E-state index in [1.807, 2.05) is 0 Å². The Balaban J connectivity index is 2.52. The van der Waals surface area contributed by atoms with Gasteiger partial charge >= 0.3 is 6.98 Å². The molecule has 0 unspecified atom stereocenters. The lowest BCUT2D eigenvalue weighted by atomic mass is 9.98. The van der Waals surface area contributed by atoms with E-state index in [0.29, 0.717) is 10.6 Å². The number of methoxy groups -OCH3 is 1. The van der Waals surface area contributed by atoms with Crippen LogP contribution in [0, 0.1) is 0 Å². The highest BCUT2D eigenvalue weighted by Crippen LogP contribution is 2.25. The summed E-state index contributed by atoms with van der Waals surface area (Å²) in [5, 5.41) is 0. The third-order valence-corrected chi connectivity index (χ3v) is 2.65. The van der Waals surface area contributed by atoms with Crippen LogP contribution in [0.15, 0.2) is 29.2 Å². The topological polar surface area (TPSA) is 9.23 Å². The Bertz CT molecular complexity index is 286. The van der Waals surface area contributed by atoms with Crippen molar-refractivity contribution in [2.24, 2.45) is 0 Å². The molecule has 0 amide bonds. The minimum Gasteiger partial charge on any atom is -0.497 e. The quantitative estimate of drug-likeness (QED) is 0.570. The minimum absolute atomic E-state index is 0.602. The van der Waals surface area contributed by atoms with Gasteiger partial charge in [0.05, 0.1) is 7.11 Å². The molecule has 14 heavy (non-hydrogen) atoms. The van der Waals surface area contributed by atoms with E-state index in [-0.39, 0.29) is 0 Å². The van der Waals surface area contributed by atoms with Crippen LogP contribution in [0.3, 0.4) is 0 Å². The monoisotopic (exact) mass is 221 g/mol. The van der Waals surface area contributed by atoms with E-state index in [0.717, 1.165) is 11.8 Å². The zero-order chi connectivity index (χ0) is 10.6. The Hall–Kier alpha value is -0.775. The van der Waals surface area contributed by atoms with E-state index < -0.39 is 12.6 Å². The predicted octanol–water partition coefficient (Wildman–Crippen LogP) is 3.17. The van der Waals surface area contributed by atoms with Crippen molar-refractivity contribution >= 4 is 18.7 Å². The second kappa shape index (κ2) is 4.64. The molecular formula is C8H9BF3OS-. The Labute approximate surface area is 84.7 Å². The number of hydrogen-bond donors (Lipinski definition) is 0. The molecule has 1 aromatic rings. The average molecular weight is 221 g/mol. The summed E-state index contributed by atoms with van der Waals surface area (Å²) in [6.07, 6.45) is 0. The molecule has 0 N–H and O–H groups in total. The van der Waals surface area contributed by atoms with Crippen molar-refractivity contribution in [1.29, 1.82) is 0 Å². The van der Waals surface area contributed by atoms with E-state index >= 15 is 0 Å². The van der Waals surface area contributed by atoms with Crippen molar-refractivity contribution in [3.8, 4) is 5.75 Å². The lowest BCUT2D eigenvalue weighted by Gasteiger charge is -2.12. The molecule has 1 nitrogen and oxygen atoms in total. The molecule has 0 spiro atoms. The maximum Gasteiger partial charge on any atom is 0.488 e. The molecule has 0 aliphatic heterocycles. The lowest BCUT2D eigenvalue weighted by molar-refractivity contribution is 0.414. The van der Waals surface area contributed by atoms with Crippen molar-refractivity contribution in [2.45, 2.75) is 4.90 Å². The fourth-order valence-corrected chi connectivity index (χ4v) is 1.57. The van der Waals surface area contributed by atoms with Gasteiger partial charge in [0.1, 0.15) is 5.75 Å². The maximum absolute atomic E-state index is 11.9. The third kappa shape index (κ3) is 3.96. The number of ether oxygens (including phenoxy) is 1. The molecule has 0 saturated heterocycles. The van der Waals surface area contributed by atoms with Crippen molar-refractivity contribution in [2.75, 3.05) is 12.8 Å². The molecule has 0 atom stereocenters. The Morgan fingerprint density at radius 3 is 2.21 bits per heavy atom. The first-order valence-corrected chi connectivity index (χ1v) is 4.98. The van der Waals surface area contributed by atoms with Crippen LogP contribution in [0.25, 0.3) is 0 Å². The molecule has 0 bridgehead atoms. The molecule has 0 saturated carbocycles. The van der Waals surface area contributed by atoms with Crippen LogP contribution in [-0.4, -0.2) is 19.7 Å². The van der Waals surface area contributed by atoms with Crippen LogP contribution in [-0.2, 0) is 0 Å². The van der Waals surface area contributed by atoms with Crippen LogP contribution in [0.4, 0.5) is 12.9 Å². The third-order valence-electron chi connectivity index (χ3n) is 1.50. The number of rotatable bonds is 4. The largest absolute Gasteiger partial charge is 0.497 e. The summed E-state index contributed by atoms with van der Waals surface area (Å²) in [4.78, 5) is 0.602. The first kappa shape index (κ1) is 11.3. The van der Waals surface area contributed by atoms with Crippen LogP contribution in [0.2, 0.25) is 0 Å². The summed E-state index contributed by atoms with van der Waals surface area (Å²) < 4.78 is 40.6. The maximum atomic E-state index is 11.9. The Kier molecular flexibility index (Phi) is 3.74. The van der Waals surface area contributed by atoms with Crippen LogP contribution < -0.4 is 4.74 Å². The number of thioether (sulfide) groups is 1. The summed E-state index contributed by atoms with van der Waals surface area (Å²) in [6, 6.07) is 6.52. The van der Waals surface area contributed by atoms with E-state index in [2.05, 4.69) is 0 Å². The standard InChI is InChI=1S/C8H9BF3OS/c1-13-7-2-4-8(5-3-7)14-6-9(10,11)12/h2-5H,6H2,1H3/q-1. The highest BCUT2D eigenvalue weighted by atomic mass is 32.2. The molecule has 6 heteroatoms. The van der Waals surface area contributed by atoms with E-state index in [1.54, 1.807) is 24.3 Å². The lowest BCUT2D eigenvalue weighted by Crippen LogP contribution is -2.18. The van der Waals surface area contributed by atoms with E-state index in [1.165, 1.54) is 7.11 Å². The number of hydrogen-bond acceptors (Lipinski definition) is 2. The molecule has 0 aromatic heterocycles. The molecule has 0 heterocycles. The van der Waals surface area contributed by atoms with Crippen molar-refractivity contribution in [3.05, 3.63) is 24.3 Å². The highest BCUT2D eigenvalue weighted by molar-refractivity contribution is 8.00. The molecule has 0 aliphatic rings. The fraction of sp³-hybridized carbons (Fsp3) is 0.250. The molecule has 78 valence electrons. The summed E-state index contributed by atoms with van der Waals surface area (Å²) in [6.45, 7) is -4.71. The second-order valence-electron chi connectivity index (χ2n) is 2.70. The smallest absolute Gasteiger partial charge is 0.488 e. The normalized spacial score (nSPS) is 11.4. The van der Waals surface area contributed by atoms with E-state index in [4.69, 9.17) is 4.74 Å². The SMILES string of the molecule is COc1ccc(SC[B-](F)(F)F)cc1. The minimum atomic E-state index is -4.71. The molecule has 1 aromatic carbocycles. The van der Waals surface area contributed by atoms with Gasteiger partial charge in [-0.15, -0.1) is 0 Å².